The maximum absolute atomic E-state index is 9.82. The molecule has 1 heterocycles. The molecule has 1 unspecified atom stereocenters. The van der Waals surface area contributed by atoms with Crippen LogP contribution in [0.25, 0.3) is 0 Å². The fourth-order valence-electron chi connectivity index (χ4n) is 3.60. The second-order valence-electron chi connectivity index (χ2n) is 6.94. The highest BCUT2D eigenvalue weighted by Gasteiger charge is 2.20. The Bertz CT molecular complexity index is 473. The highest BCUT2D eigenvalue weighted by molar-refractivity contribution is 5.37. The van der Waals surface area contributed by atoms with Crippen LogP contribution in [0.3, 0.4) is 0 Å². The van der Waals surface area contributed by atoms with Crippen molar-refractivity contribution in [3.63, 3.8) is 0 Å². The molecule has 0 bridgehead atoms. The number of benzene rings is 1. The summed E-state index contributed by atoms with van der Waals surface area (Å²) in [5.41, 5.74) is 5.55. The van der Waals surface area contributed by atoms with Crippen LogP contribution < -0.4 is 5.32 Å². The molecular weight excluding hydrogens is 288 g/mol. The van der Waals surface area contributed by atoms with Gasteiger partial charge in [0.05, 0.1) is 12.7 Å². The average Bonchev–Trinajstić information content (AvgIpc) is 2.48. The SMILES string of the molecule is COCC(O)CN1CCC(NCc2c(C)cc(C)cc2C)CC1. The minimum absolute atomic E-state index is 0.373. The summed E-state index contributed by atoms with van der Waals surface area (Å²) in [5, 5.41) is 13.5. The second kappa shape index (κ2) is 8.78. The topological polar surface area (TPSA) is 44.7 Å². The molecule has 2 N–H and O–H groups in total. The summed E-state index contributed by atoms with van der Waals surface area (Å²) >= 11 is 0. The van der Waals surface area contributed by atoms with E-state index >= 15 is 0 Å². The molecule has 1 fully saturated rings. The number of aliphatic hydroxyl groups excluding tert-OH is 1. The van der Waals surface area contributed by atoms with E-state index in [0.717, 1.165) is 39.0 Å². The van der Waals surface area contributed by atoms with Gasteiger partial charge in [-0.1, -0.05) is 17.7 Å². The Kier molecular flexibility index (Phi) is 7.03. The van der Waals surface area contributed by atoms with E-state index < -0.39 is 0 Å². The Labute approximate surface area is 140 Å². The van der Waals surface area contributed by atoms with Crippen molar-refractivity contribution in [3.8, 4) is 0 Å². The van der Waals surface area contributed by atoms with Gasteiger partial charge in [0.15, 0.2) is 0 Å². The molecule has 4 nitrogen and oxygen atoms in total. The van der Waals surface area contributed by atoms with Crippen LogP contribution in [0.5, 0.6) is 0 Å². The van der Waals surface area contributed by atoms with Gasteiger partial charge in [-0.2, -0.15) is 0 Å². The summed E-state index contributed by atoms with van der Waals surface area (Å²) in [4.78, 5) is 2.34. The maximum Gasteiger partial charge on any atom is 0.0900 e. The minimum Gasteiger partial charge on any atom is -0.389 e. The summed E-state index contributed by atoms with van der Waals surface area (Å²) < 4.78 is 5.00. The van der Waals surface area contributed by atoms with Crippen LogP contribution in [0.4, 0.5) is 0 Å². The van der Waals surface area contributed by atoms with E-state index in [-0.39, 0.29) is 6.10 Å². The standard InChI is InChI=1S/C19H32N2O2/c1-14-9-15(2)19(16(3)10-14)11-20-17-5-7-21(8-6-17)12-18(22)13-23-4/h9-10,17-18,20,22H,5-8,11-13H2,1-4H3. The molecule has 4 heteroatoms. The Morgan fingerprint density at radius 3 is 2.39 bits per heavy atom. The molecule has 0 aliphatic carbocycles. The molecule has 1 aromatic rings. The molecule has 23 heavy (non-hydrogen) atoms. The zero-order chi connectivity index (χ0) is 16.8. The minimum atomic E-state index is -0.373. The number of nitrogens with one attached hydrogen (secondary N) is 1. The summed E-state index contributed by atoms with van der Waals surface area (Å²) in [5.74, 6) is 0. The molecule has 1 atom stereocenters. The van der Waals surface area contributed by atoms with Crippen molar-refractivity contribution in [1.29, 1.82) is 0 Å². The van der Waals surface area contributed by atoms with Crippen molar-refractivity contribution in [3.05, 3.63) is 34.4 Å². The van der Waals surface area contributed by atoms with Gasteiger partial charge >= 0.3 is 0 Å². The smallest absolute Gasteiger partial charge is 0.0900 e. The maximum atomic E-state index is 9.82. The number of β-amino-alcohol motifs (C(OH)–C–C–N with tert-alkyl or cyclic N) is 1. The number of piperidine rings is 1. The molecule has 1 saturated heterocycles. The molecule has 2 rings (SSSR count). The van der Waals surface area contributed by atoms with Crippen molar-refractivity contribution in [2.45, 2.75) is 52.3 Å². The third kappa shape index (κ3) is 5.57. The fourth-order valence-corrected chi connectivity index (χ4v) is 3.60. The first-order chi connectivity index (χ1) is 11.0. The molecule has 1 aliphatic rings. The number of likely N-dealkylation sites (tertiary alicyclic amines) is 1. The van der Waals surface area contributed by atoms with E-state index in [0.29, 0.717) is 12.6 Å². The van der Waals surface area contributed by atoms with Crippen LogP contribution in [0.2, 0.25) is 0 Å². The third-order valence-electron chi connectivity index (χ3n) is 4.82. The first-order valence-corrected chi connectivity index (χ1v) is 8.69. The summed E-state index contributed by atoms with van der Waals surface area (Å²) in [6.07, 6.45) is 1.91. The van der Waals surface area contributed by atoms with Crippen molar-refractivity contribution < 1.29 is 9.84 Å². The van der Waals surface area contributed by atoms with Gasteiger partial charge in [0.25, 0.3) is 0 Å². The van der Waals surface area contributed by atoms with Crippen LogP contribution >= 0.6 is 0 Å². The van der Waals surface area contributed by atoms with Crippen LogP contribution in [0, 0.1) is 20.8 Å². The van der Waals surface area contributed by atoms with Crippen molar-refractivity contribution >= 4 is 0 Å². The van der Waals surface area contributed by atoms with Gasteiger partial charge in [0, 0.05) is 26.2 Å². The number of rotatable bonds is 7. The normalized spacial score (nSPS) is 18.3. The Morgan fingerprint density at radius 2 is 1.83 bits per heavy atom. The van der Waals surface area contributed by atoms with Crippen LogP contribution in [0.15, 0.2) is 12.1 Å². The Hall–Kier alpha value is -0.940. The zero-order valence-corrected chi connectivity index (χ0v) is 15.1. The van der Waals surface area contributed by atoms with E-state index in [2.05, 4.69) is 43.1 Å². The van der Waals surface area contributed by atoms with Gasteiger partial charge in [0.1, 0.15) is 0 Å². The average molecular weight is 320 g/mol. The molecule has 0 spiro atoms. The number of nitrogens with zero attached hydrogens (tertiary/aromatic N) is 1. The predicted octanol–water partition coefficient (Wildman–Crippen LogP) is 2.17. The lowest BCUT2D eigenvalue weighted by molar-refractivity contribution is 0.0310. The van der Waals surface area contributed by atoms with Crippen molar-refractivity contribution in [2.24, 2.45) is 0 Å². The molecule has 0 aromatic heterocycles. The lowest BCUT2D eigenvalue weighted by atomic mass is 9.98. The third-order valence-corrected chi connectivity index (χ3v) is 4.82. The van der Waals surface area contributed by atoms with Gasteiger partial charge in [-0.3, -0.25) is 0 Å². The predicted molar refractivity (Wildman–Crippen MR) is 94.8 cm³/mol. The second-order valence-corrected chi connectivity index (χ2v) is 6.94. The fraction of sp³-hybridized carbons (Fsp3) is 0.684. The van der Waals surface area contributed by atoms with E-state index in [4.69, 9.17) is 4.74 Å². The number of methoxy groups -OCH3 is 1. The molecular formula is C19H32N2O2. The zero-order valence-electron chi connectivity index (χ0n) is 15.1. The van der Waals surface area contributed by atoms with Crippen LogP contribution in [-0.4, -0.2) is 55.5 Å². The molecule has 130 valence electrons. The Morgan fingerprint density at radius 1 is 1.22 bits per heavy atom. The number of aliphatic hydroxyl groups is 1. The van der Waals surface area contributed by atoms with Gasteiger partial charge in [-0.25, -0.2) is 0 Å². The summed E-state index contributed by atoms with van der Waals surface area (Å²) in [6.45, 7) is 10.8. The summed E-state index contributed by atoms with van der Waals surface area (Å²) in [6, 6.07) is 5.11. The van der Waals surface area contributed by atoms with Gasteiger partial charge < -0.3 is 20.1 Å². The number of ether oxygens (including phenoxy) is 1. The molecule has 1 aromatic carbocycles. The lowest BCUT2D eigenvalue weighted by Gasteiger charge is -2.33. The van der Waals surface area contributed by atoms with Crippen molar-refractivity contribution in [1.82, 2.24) is 10.2 Å². The lowest BCUT2D eigenvalue weighted by Crippen LogP contribution is -2.45. The van der Waals surface area contributed by atoms with E-state index in [1.807, 2.05) is 0 Å². The van der Waals surface area contributed by atoms with E-state index in [1.54, 1.807) is 7.11 Å². The molecule has 0 saturated carbocycles. The van der Waals surface area contributed by atoms with Crippen LogP contribution in [-0.2, 0) is 11.3 Å². The van der Waals surface area contributed by atoms with Crippen molar-refractivity contribution in [2.75, 3.05) is 33.4 Å². The Balaban J connectivity index is 1.77. The monoisotopic (exact) mass is 320 g/mol. The van der Waals surface area contributed by atoms with Gasteiger partial charge in [-0.05, 0) is 63.4 Å². The first kappa shape index (κ1) is 18.4. The summed E-state index contributed by atoms with van der Waals surface area (Å²) in [7, 11) is 1.63. The quantitative estimate of drug-likeness (QED) is 0.808. The highest BCUT2D eigenvalue weighted by atomic mass is 16.5. The first-order valence-electron chi connectivity index (χ1n) is 8.69. The molecule has 0 radical (unpaired) electrons. The van der Waals surface area contributed by atoms with Gasteiger partial charge in [0.2, 0.25) is 0 Å². The van der Waals surface area contributed by atoms with E-state index in [9.17, 15) is 5.11 Å². The molecule has 1 aliphatic heterocycles. The molecule has 0 amide bonds. The largest absolute Gasteiger partial charge is 0.389 e. The number of aryl methyl sites for hydroxylation is 3. The highest BCUT2D eigenvalue weighted by Crippen LogP contribution is 2.18. The van der Waals surface area contributed by atoms with Crippen LogP contribution in [0.1, 0.15) is 35.1 Å². The number of hydrogen-bond acceptors (Lipinski definition) is 4. The van der Waals surface area contributed by atoms with E-state index in [1.165, 1.54) is 22.3 Å². The number of hydrogen-bond donors (Lipinski definition) is 2. The van der Waals surface area contributed by atoms with Gasteiger partial charge in [-0.15, -0.1) is 0 Å².